The Balaban J connectivity index is 1.61. The van der Waals surface area contributed by atoms with Crippen LogP contribution in [0.4, 0.5) is 0 Å². The number of amides is 1. The third-order valence-electron chi connectivity index (χ3n) is 5.75. The molecule has 0 radical (unpaired) electrons. The Labute approximate surface area is 165 Å². The zero-order valence-corrected chi connectivity index (χ0v) is 16.4. The summed E-state index contributed by atoms with van der Waals surface area (Å²) in [6.45, 7) is 2.46. The van der Waals surface area contributed by atoms with E-state index < -0.39 is 0 Å². The van der Waals surface area contributed by atoms with E-state index in [2.05, 4.69) is 16.9 Å². The van der Waals surface area contributed by atoms with Crippen LogP contribution in [0.25, 0.3) is 0 Å². The highest BCUT2D eigenvalue weighted by Crippen LogP contribution is 2.38. The Kier molecular flexibility index (Phi) is 5.50. The van der Waals surface area contributed by atoms with Gasteiger partial charge in [0.05, 0.1) is 20.3 Å². The second-order valence-corrected chi connectivity index (χ2v) is 7.31. The van der Waals surface area contributed by atoms with Gasteiger partial charge in [-0.15, -0.1) is 0 Å². The molecule has 2 heterocycles. The maximum atomic E-state index is 13.3. The maximum absolute atomic E-state index is 13.3. The van der Waals surface area contributed by atoms with Gasteiger partial charge in [0.1, 0.15) is 11.5 Å². The molecule has 2 aliphatic heterocycles. The Hall–Kier alpha value is -2.57. The predicted octanol–water partition coefficient (Wildman–Crippen LogP) is 2.87. The summed E-state index contributed by atoms with van der Waals surface area (Å²) in [4.78, 5) is 15.3. The molecule has 1 atom stereocenters. The maximum Gasteiger partial charge on any atom is 0.254 e. The van der Waals surface area contributed by atoms with Crippen LogP contribution >= 0.6 is 0 Å². The molecule has 6 heteroatoms. The number of nitrogens with zero attached hydrogens (tertiary/aromatic N) is 1. The number of ether oxygens (including phenoxy) is 2. The van der Waals surface area contributed by atoms with Crippen LogP contribution in [0.2, 0.25) is 0 Å². The highest BCUT2D eigenvalue weighted by molar-refractivity contribution is 5.95. The first-order chi connectivity index (χ1) is 13.7. The first-order valence-corrected chi connectivity index (χ1v) is 9.80. The van der Waals surface area contributed by atoms with Gasteiger partial charge in [-0.2, -0.15) is 0 Å². The number of likely N-dealkylation sites (tertiary alicyclic amines) is 1. The number of nitrogens with one attached hydrogen (secondary N) is 2. The van der Waals surface area contributed by atoms with Crippen molar-refractivity contribution in [2.75, 3.05) is 33.9 Å². The molecule has 2 N–H and O–H groups in total. The van der Waals surface area contributed by atoms with Crippen molar-refractivity contribution in [2.24, 2.45) is 0 Å². The van der Waals surface area contributed by atoms with E-state index in [-0.39, 0.29) is 11.9 Å². The SMILES string of the molecule is COc1cc(C(=O)N2CCCC2c2ccccc2OC)ccc1C1CNNC1. The van der Waals surface area contributed by atoms with Crippen molar-refractivity contribution in [1.82, 2.24) is 15.8 Å². The van der Waals surface area contributed by atoms with E-state index in [9.17, 15) is 4.79 Å². The van der Waals surface area contributed by atoms with Crippen LogP contribution in [-0.4, -0.2) is 44.7 Å². The van der Waals surface area contributed by atoms with E-state index in [1.54, 1.807) is 14.2 Å². The largest absolute Gasteiger partial charge is 0.496 e. The Morgan fingerprint density at radius 2 is 1.75 bits per heavy atom. The summed E-state index contributed by atoms with van der Waals surface area (Å²) in [6.07, 6.45) is 1.93. The van der Waals surface area contributed by atoms with E-state index in [1.807, 2.05) is 41.3 Å². The van der Waals surface area contributed by atoms with Gasteiger partial charge < -0.3 is 14.4 Å². The third kappa shape index (κ3) is 3.45. The summed E-state index contributed by atoms with van der Waals surface area (Å²) in [6, 6.07) is 13.8. The van der Waals surface area contributed by atoms with Crippen molar-refractivity contribution >= 4 is 5.91 Å². The molecular formula is C22H27N3O3. The fraction of sp³-hybridized carbons (Fsp3) is 0.409. The summed E-state index contributed by atoms with van der Waals surface area (Å²) >= 11 is 0. The van der Waals surface area contributed by atoms with Gasteiger partial charge in [0.25, 0.3) is 5.91 Å². The minimum Gasteiger partial charge on any atom is -0.496 e. The molecule has 0 spiro atoms. The molecule has 4 rings (SSSR count). The number of carbonyl (C=O) groups excluding carboxylic acids is 1. The molecule has 2 aromatic carbocycles. The number of benzene rings is 2. The van der Waals surface area contributed by atoms with E-state index >= 15 is 0 Å². The predicted molar refractivity (Wildman–Crippen MR) is 108 cm³/mol. The third-order valence-corrected chi connectivity index (χ3v) is 5.75. The van der Waals surface area contributed by atoms with E-state index in [0.29, 0.717) is 11.5 Å². The normalized spacial score (nSPS) is 19.8. The summed E-state index contributed by atoms with van der Waals surface area (Å²) in [5, 5.41) is 0. The van der Waals surface area contributed by atoms with Gasteiger partial charge in [-0.3, -0.25) is 15.6 Å². The van der Waals surface area contributed by atoms with Crippen LogP contribution in [-0.2, 0) is 0 Å². The van der Waals surface area contributed by atoms with Crippen molar-refractivity contribution in [2.45, 2.75) is 24.8 Å². The Morgan fingerprint density at radius 3 is 2.50 bits per heavy atom. The quantitative estimate of drug-likeness (QED) is 0.834. The van der Waals surface area contributed by atoms with Gasteiger partial charge in [0.2, 0.25) is 0 Å². The van der Waals surface area contributed by atoms with Crippen LogP contribution < -0.4 is 20.3 Å². The van der Waals surface area contributed by atoms with E-state index in [1.165, 1.54) is 0 Å². The second kappa shape index (κ2) is 8.20. The molecule has 0 saturated carbocycles. The van der Waals surface area contributed by atoms with Crippen molar-refractivity contribution < 1.29 is 14.3 Å². The fourth-order valence-electron chi connectivity index (χ4n) is 4.30. The van der Waals surface area contributed by atoms with Crippen LogP contribution in [0, 0.1) is 0 Å². The number of hydrazine groups is 1. The van der Waals surface area contributed by atoms with Crippen LogP contribution in [0.1, 0.15) is 46.3 Å². The first-order valence-electron chi connectivity index (χ1n) is 9.80. The smallest absolute Gasteiger partial charge is 0.254 e. The van der Waals surface area contributed by atoms with Gasteiger partial charge in [0, 0.05) is 36.7 Å². The molecule has 2 saturated heterocycles. The van der Waals surface area contributed by atoms with Crippen molar-refractivity contribution in [3.8, 4) is 11.5 Å². The molecule has 1 unspecified atom stereocenters. The summed E-state index contributed by atoms with van der Waals surface area (Å²) in [7, 11) is 3.34. The topological polar surface area (TPSA) is 62.8 Å². The average Bonchev–Trinajstić information content (AvgIpc) is 3.44. The highest BCUT2D eigenvalue weighted by atomic mass is 16.5. The van der Waals surface area contributed by atoms with Crippen LogP contribution in [0.5, 0.6) is 11.5 Å². The number of carbonyl (C=O) groups is 1. The Bertz CT molecular complexity index is 849. The van der Waals surface area contributed by atoms with Crippen molar-refractivity contribution in [3.05, 3.63) is 59.2 Å². The lowest BCUT2D eigenvalue weighted by atomic mass is 9.97. The molecule has 0 aromatic heterocycles. The number of hydrogen-bond acceptors (Lipinski definition) is 5. The molecule has 2 aromatic rings. The molecule has 1 amide bonds. The number of hydrogen-bond donors (Lipinski definition) is 2. The lowest BCUT2D eigenvalue weighted by Crippen LogP contribution is -2.30. The monoisotopic (exact) mass is 381 g/mol. The minimum absolute atomic E-state index is 0.0394. The summed E-state index contributed by atoms with van der Waals surface area (Å²) in [5.41, 5.74) is 9.16. The molecule has 0 bridgehead atoms. The first kappa shape index (κ1) is 18.8. The molecule has 28 heavy (non-hydrogen) atoms. The highest BCUT2D eigenvalue weighted by Gasteiger charge is 2.33. The minimum atomic E-state index is 0.0394. The van der Waals surface area contributed by atoms with Gasteiger partial charge in [-0.1, -0.05) is 24.3 Å². The molecule has 2 aliphatic rings. The number of methoxy groups -OCH3 is 2. The molecular weight excluding hydrogens is 354 g/mol. The lowest BCUT2D eigenvalue weighted by Gasteiger charge is -2.27. The zero-order valence-electron chi connectivity index (χ0n) is 16.4. The van der Waals surface area contributed by atoms with Crippen molar-refractivity contribution in [1.29, 1.82) is 0 Å². The zero-order chi connectivity index (χ0) is 19.5. The molecule has 148 valence electrons. The number of para-hydroxylation sites is 1. The van der Waals surface area contributed by atoms with E-state index in [4.69, 9.17) is 9.47 Å². The summed E-state index contributed by atoms with van der Waals surface area (Å²) in [5.74, 6) is 1.99. The molecule has 0 aliphatic carbocycles. The molecule has 2 fully saturated rings. The van der Waals surface area contributed by atoms with Gasteiger partial charge in [-0.05, 0) is 36.6 Å². The standard InChI is InChI=1S/C22H27N3O3/c1-27-20-8-4-3-6-18(20)19-7-5-11-25(19)22(26)15-9-10-17(21(12-15)28-2)16-13-23-24-14-16/h3-4,6,8-10,12,16,19,23-24H,5,7,11,13-14H2,1-2H3. The lowest BCUT2D eigenvalue weighted by molar-refractivity contribution is 0.0734. The van der Waals surface area contributed by atoms with Crippen molar-refractivity contribution in [3.63, 3.8) is 0 Å². The average molecular weight is 381 g/mol. The van der Waals surface area contributed by atoms with Crippen LogP contribution in [0.3, 0.4) is 0 Å². The van der Waals surface area contributed by atoms with Gasteiger partial charge in [-0.25, -0.2) is 0 Å². The summed E-state index contributed by atoms with van der Waals surface area (Å²) < 4.78 is 11.1. The Morgan fingerprint density at radius 1 is 1.00 bits per heavy atom. The van der Waals surface area contributed by atoms with E-state index in [0.717, 1.165) is 55.1 Å². The molecule has 6 nitrogen and oxygen atoms in total. The fourth-order valence-corrected chi connectivity index (χ4v) is 4.30. The van der Waals surface area contributed by atoms with Gasteiger partial charge in [0.15, 0.2) is 0 Å². The van der Waals surface area contributed by atoms with Gasteiger partial charge >= 0.3 is 0 Å². The van der Waals surface area contributed by atoms with Crippen LogP contribution in [0.15, 0.2) is 42.5 Å². The number of rotatable bonds is 5. The second-order valence-electron chi connectivity index (χ2n) is 7.31.